The molecule has 2 aliphatic heterocycles. The summed E-state index contributed by atoms with van der Waals surface area (Å²) in [7, 11) is 0. The number of hydrogen-bond donors (Lipinski definition) is 2. The van der Waals surface area contributed by atoms with Gasteiger partial charge in [0.15, 0.2) is 5.96 Å². The number of carbonyl (C=O) groups excluding carboxylic acids is 1. The second-order valence-corrected chi connectivity index (χ2v) is 7.82. The maximum atomic E-state index is 12.1. The molecule has 6 nitrogen and oxygen atoms in total. The Morgan fingerprint density at radius 1 is 1.00 bits per heavy atom. The number of piperidine rings is 1. The molecule has 2 aliphatic rings. The molecular formula is C19H38IN5O. The van der Waals surface area contributed by atoms with Crippen LogP contribution in [0.4, 0.5) is 0 Å². The van der Waals surface area contributed by atoms with Crippen LogP contribution in [0.25, 0.3) is 0 Å². The third-order valence-electron chi connectivity index (χ3n) is 5.27. The molecule has 1 amide bonds. The Balaban J connectivity index is 0.00000338. The van der Waals surface area contributed by atoms with Gasteiger partial charge in [-0.3, -0.25) is 14.7 Å². The van der Waals surface area contributed by atoms with Crippen LogP contribution in [0.5, 0.6) is 0 Å². The Morgan fingerprint density at radius 2 is 1.62 bits per heavy atom. The Kier molecular flexibility index (Phi) is 10.8. The third-order valence-corrected chi connectivity index (χ3v) is 5.27. The SMILES string of the molecule is CCNC(=NCC(C)(C)N1CCCCC1)NCCC(=O)N1CCCC1.I. The van der Waals surface area contributed by atoms with Crippen LogP contribution in [-0.2, 0) is 4.79 Å². The molecule has 0 aromatic carbocycles. The summed E-state index contributed by atoms with van der Waals surface area (Å²) < 4.78 is 0. The predicted octanol–water partition coefficient (Wildman–Crippen LogP) is 2.44. The summed E-state index contributed by atoms with van der Waals surface area (Å²) in [5.41, 5.74) is 0.0775. The average Bonchev–Trinajstić information content (AvgIpc) is 3.15. The van der Waals surface area contributed by atoms with Crippen LogP contribution in [0.3, 0.4) is 0 Å². The molecule has 2 rings (SSSR count). The van der Waals surface area contributed by atoms with E-state index >= 15 is 0 Å². The fraction of sp³-hybridized carbons (Fsp3) is 0.895. The highest BCUT2D eigenvalue weighted by atomic mass is 127. The quantitative estimate of drug-likeness (QED) is 0.335. The molecule has 0 spiro atoms. The zero-order valence-corrected chi connectivity index (χ0v) is 19.2. The number of nitrogens with one attached hydrogen (secondary N) is 2. The summed E-state index contributed by atoms with van der Waals surface area (Å²) in [6.45, 7) is 13.1. The van der Waals surface area contributed by atoms with E-state index in [9.17, 15) is 4.79 Å². The maximum absolute atomic E-state index is 12.1. The van der Waals surface area contributed by atoms with Crippen LogP contribution >= 0.6 is 24.0 Å². The Morgan fingerprint density at radius 3 is 2.23 bits per heavy atom. The molecule has 2 N–H and O–H groups in total. The first-order valence-corrected chi connectivity index (χ1v) is 10.1. The minimum absolute atomic E-state index is 0. The molecule has 0 aliphatic carbocycles. The molecule has 0 radical (unpaired) electrons. The number of carbonyl (C=O) groups is 1. The number of aliphatic imine (C=N–C) groups is 1. The molecule has 0 aromatic heterocycles. The van der Waals surface area contributed by atoms with Gasteiger partial charge in [0.1, 0.15) is 0 Å². The van der Waals surface area contributed by atoms with Gasteiger partial charge in [-0.1, -0.05) is 6.42 Å². The monoisotopic (exact) mass is 479 g/mol. The lowest BCUT2D eigenvalue weighted by Gasteiger charge is -2.40. The molecule has 152 valence electrons. The van der Waals surface area contributed by atoms with Gasteiger partial charge in [0, 0.05) is 38.1 Å². The lowest BCUT2D eigenvalue weighted by Crippen LogP contribution is -2.49. The van der Waals surface area contributed by atoms with Gasteiger partial charge >= 0.3 is 0 Å². The molecule has 2 fully saturated rings. The van der Waals surface area contributed by atoms with Crippen molar-refractivity contribution in [2.45, 2.75) is 64.8 Å². The van der Waals surface area contributed by atoms with Crippen molar-refractivity contribution >= 4 is 35.8 Å². The molecular weight excluding hydrogens is 441 g/mol. The summed E-state index contributed by atoms with van der Waals surface area (Å²) in [6.07, 6.45) is 6.78. The van der Waals surface area contributed by atoms with Gasteiger partial charge in [-0.15, -0.1) is 24.0 Å². The highest BCUT2D eigenvalue weighted by Gasteiger charge is 2.27. The van der Waals surface area contributed by atoms with Crippen molar-refractivity contribution in [2.75, 3.05) is 45.8 Å². The second kappa shape index (κ2) is 12.0. The van der Waals surface area contributed by atoms with Crippen LogP contribution in [0, 0.1) is 0 Å². The van der Waals surface area contributed by atoms with Gasteiger partial charge in [0.05, 0.1) is 6.54 Å². The first kappa shape index (κ1) is 23.5. The van der Waals surface area contributed by atoms with Crippen molar-refractivity contribution in [1.82, 2.24) is 20.4 Å². The second-order valence-electron chi connectivity index (χ2n) is 7.82. The highest BCUT2D eigenvalue weighted by molar-refractivity contribution is 14.0. The average molecular weight is 479 g/mol. The summed E-state index contributed by atoms with van der Waals surface area (Å²) in [6, 6.07) is 0. The molecule has 2 saturated heterocycles. The van der Waals surface area contributed by atoms with E-state index < -0.39 is 0 Å². The van der Waals surface area contributed by atoms with Crippen LogP contribution in [0.2, 0.25) is 0 Å². The number of halogens is 1. The smallest absolute Gasteiger partial charge is 0.224 e. The predicted molar refractivity (Wildman–Crippen MR) is 119 cm³/mol. The number of nitrogens with zero attached hydrogens (tertiary/aromatic N) is 3. The number of likely N-dealkylation sites (tertiary alicyclic amines) is 2. The van der Waals surface area contributed by atoms with Crippen molar-refractivity contribution in [2.24, 2.45) is 4.99 Å². The van der Waals surface area contributed by atoms with Crippen molar-refractivity contribution < 1.29 is 4.79 Å². The van der Waals surface area contributed by atoms with E-state index in [0.717, 1.165) is 45.0 Å². The number of guanidine groups is 1. The molecule has 2 heterocycles. The van der Waals surface area contributed by atoms with Crippen molar-refractivity contribution in [1.29, 1.82) is 0 Å². The maximum Gasteiger partial charge on any atom is 0.224 e. The number of rotatable bonds is 7. The van der Waals surface area contributed by atoms with Gasteiger partial charge in [-0.25, -0.2) is 0 Å². The standard InChI is InChI=1S/C19H37N5O.HI/c1-4-20-18(21-11-10-17(25)23-12-8-9-13-23)22-16-19(2,3)24-14-6-5-7-15-24;/h4-16H2,1-3H3,(H2,20,21,22);1H. The van der Waals surface area contributed by atoms with E-state index in [-0.39, 0.29) is 35.4 Å². The zero-order valence-electron chi connectivity index (χ0n) is 16.9. The molecule has 0 aromatic rings. The molecule has 0 bridgehead atoms. The topological polar surface area (TPSA) is 60.0 Å². The summed E-state index contributed by atoms with van der Waals surface area (Å²) >= 11 is 0. The van der Waals surface area contributed by atoms with Gasteiger partial charge < -0.3 is 15.5 Å². The summed E-state index contributed by atoms with van der Waals surface area (Å²) in [4.78, 5) is 21.4. The molecule has 0 unspecified atom stereocenters. The van der Waals surface area contributed by atoms with Gasteiger partial charge in [-0.05, 0) is 59.5 Å². The Labute approximate surface area is 176 Å². The van der Waals surface area contributed by atoms with Gasteiger partial charge in [-0.2, -0.15) is 0 Å². The van der Waals surface area contributed by atoms with Gasteiger partial charge in [0.2, 0.25) is 5.91 Å². The number of amides is 1. The molecule has 26 heavy (non-hydrogen) atoms. The first-order chi connectivity index (χ1) is 12.0. The zero-order chi connectivity index (χ0) is 18.1. The van der Waals surface area contributed by atoms with E-state index in [0.29, 0.717) is 13.0 Å². The lowest BCUT2D eigenvalue weighted by atomic mass is 9.99. The van der Waals surface area contributed by atoms with E-state index in [1.807, 2.05) is 4.90 Å². The minimum atomic E-state index is 0. The first-order valence-electron chi connectivity index (χ1n) is 10.1. The van der Waals surface area contributed by atoms with Crippen molar-refractivity contribution in [3.05, 3.63) is 0 Å². The summed E-state index contributed by atoms with van der Waals surface area (Å²) in [5.74, 6) is 1.08. The fourth-order valence-electron chi connectivity index (χ4n) is 3.63. The van der Waals surface area contributed by atoms with Crippen LogP contribution < -0.4 is 10.6 Å². The normalized spacial score (nSPS) is 19.2. The molecule has 0 atom stereocenters. The van der Waals surface area contributed by atoms with E-state index in [2.05, 4.69) is 36.3 Å². The van der Waals surface area contributed by atoms with Crippen molar-refractivity contribution in [3.8, 4) is 0 Å². The third kappa shape index (κ3) is 7.58. The summed E-state index contributed by atoms with van der Waals surface area (Å²) in [5, 5.41) is 6.62. The number of hydrogen-bond acceptors (Lipinski definition) is 3. The Bertz CT molecular complexity index is 443. The molecule has 7 heteroatoms. The van der Waals surface area contributed by atoms with E-state index in [1.165, 1.54) is 32.4 Å². The van der Waals surface area contributed by atoms with E-state index in [4.69, 9.17) is 4.99 Å². The van der Waals surface area contributed by atoms with Gasteiger partial charge in [0.25, 0.3) is 0 Å². The largest absolute Gasteiger partial charge is 0.357 e. The van der Waals surface area contributed by atoms with Crippen LogP contribution in [0.1, 0.15) is 59.3 Å². The highest BCUT2D eigenvalue weighted by Crippen LogP contribution is 2.20. The Hall–Kier alpha value is -0.570. The van der Waals surface area contributed by atoms with Crippen molar-refractivity contribution in [3.63, 3.8) is 0 Å². The van der Waals surface area contributed by atoms with Crippen LogP contribution in [0.15, 0.2) is 4.99 Å². The lowest BCUT2D eigenvalue weighted by molar-refractivity contribution is -0.129. The fourth-order valence-corrected chi connectivity index (χ4v) is 3.63. The minimum Gasteiger partial charge on any atom is -0.357 e. The van der Waals surface area contributed by atoms with Crippen LogP contribution in [-0.4, -0.2) is 73.0 Å². The molecule has 0 saturated carbocycles. The van der Waals surface area contributed by atoms with E-state index in [1.54, 1.807) is 0 Å².